The van der Waals surface area contributed by atoms with Crippen LogP contribution < -0.4 is 11.1 Å². The molecule has 5 nitrogen and oxygen atoms in total. The molecule has 106 valence electrons. The highest BCUT2D eigenvalue weighted by Crippen LogP contribution is 2.16. The second-order valence-electron chi connectivity index (χ2n) is 4.87. The largest absolute Gasteiger partial charge is 0.324 e. The maximum Gasteiger partial charge on any atom is 0.273 e. The Morgan fingerprint density at radius 2 is 2.20 bits per heavy atom. The number of hydrogen-bond acceptors (Lipinski definition) is 3. The number of anilines is 1. The zero-order chi connectivity index (χ0) is 14.7. The Balaban J connectivity index is 2.18. The van der Waals surface area contributed by atoms with E-state index in [2.05, 4.69) is 10.4 Å². The van der Waals surface area contributed by atoms with Crippen molar-refractivity contribution >= 4 is 11.6 Å². The number of nitrogens with zero attached hydrogens (tertiary/aromatic N) is 2. The van der Waals surface area contributed by atoms with Gasteiger partial charge in [0.2, 0.25) is 0 Å². The summed E-state index contributed by atoms with van der Waals surface area (Å²) in [5, 5.41) is 7.15. The Morgan fingerprint density at radius 1 is 1.45 bits per heavy atom. The highest BCUT2D eigenvalue weighted by Gasteiger charge is 2.13. The van der Waals surface area contributed by atoms with Gasteiger partial charge in [0.25, 0.3) is 5.91 Å². The third kappa shape index (κ3) is 3.05. The van der Waals surface area contributed by atoms with Gasteiger partial charge in [-0.05, 0) is 37.1 Å². The number of hydrogen-bond donors (Lipinski definition) is 2. The maximum absolute atomic E-state index is 12.2. The van der Waals surface area contributed by atoms with Crippen LogP contribution in [-0.2, 0) is 13.5 Å². The molecule has 0 aliphatic rings. The van der Waals surface area contributed by atoms with Gasteiger partial charge in [0.15, 0.2) is 0 Å². The first kappa shape index (κ1) is 14.3. The van der Waals surface area contributed by atoms with E-state index in [1.165, 1.54) is 0 Å². The fourth-order valence-electron chi connectivity index (χ4n) is 2.01. The Kier molecular flexibility index (Phi) is 4.20. The van der Waals surface area contributed by atoms with E-state index in [1.54, 1.807) is 11.7 Å². The number of nitrogens with one attached hydrogen (secondary N) is 1. The number of benzene rings is 1. The molecule has 0 aliphatic heterocycles. The highest BCUT2D eigenvalue weighted by atomic mass is 16.2. The Morgan fingerprint density at radius 3 is 2.80 bits per heavy atom. The van der Waals surface area contributed by atoms with Crippen LogP contribution in [0.4, 0.5) is 5.69 Å². The maximum atomic E-state index is 12.2. The van der Waals surface area contributed by atoms with Crippen LogP contribution in [-0.4, -0.2) is 15.7 Å². The number of aromatic nitrogens is 2. The van der Waals surface area contributed by atoms with Crippen LogP contribution in [0.1, 0.15) is 41.6 Å². The lowest BCUT2D eigenvalue weighted by Crippen LogP contribution is -2.16. The molecule has 0 bridgehead atoms. The van der Waals surface area contributed by atoms with Crippen molar-refractivity contribution in [1.29, 1.82) is 0 Å². The molecule has 1 atom stereocenters. The summed E-state index contributed by atoms with van der Waals surface area (Å²) in [7, 11) is 1.77. The molecule has 0 saturated heterocycles. The third-order valence-electron chi connectivity index (χ3n) is 3.20. The average molecular weight is 272 g/mol. The fourth-order valence-corrected chi connectivity index (χ4v) is 2.01. The van der Waals surface area contributed by atoms with E-state index >= 15 is 0 Å². The van der Waals surface area contributed by atoms with Gasteiger partial charge in [-0.15, -0.1) is 0 Å². The van der Waals surface area contributed by atoms with Crippen molar-refractivity contribution in [2.75, 3.05) is 5.32 Å². The summed E-state index contributed by atoms with van der Waals surface area (Å²) in [6, 6.07) is 9.31. The molecule has 1 aromatic carbocycles. The molecule has 2 aromatic rings. The SMILES string of the molecule is CCc1cc(C(=O)Nc2cccc(C(C)N)c2)n(C)n1. The lowest BCUT2D eigenvalue weighted by molar-refractivity contribution is 0.101. The van der Waals surface area contributed by atoms with E-state index in [1.807, 2.05) is 44.2 Å². The van der Waals surface area contributed by atoms with Gasteiger partial charge < -0.3 is 11.1 Å². The first-order chi connectivity index (χ1) is 9.51. The first-order valence-electron chi connectivity index (χ1n) is 6.71. The molecule has 5 heteroatoms. The fraction of sp³-hybridized carbons (Fsp3) is 0.333. The topological polar surface area (TPSA) is 72.9 Å². The van der Waals surface area contributed by atoms with Crippen LogP contribution in [0.15, 0.2) is 30.3 Å². The molecule has 1 amide bonds. The van der Waals surface area contributed by atoms with Crippen molar-refractivity contribution in [1.82, 2.24) is 9.78 Å². The van der Waals surface area contributed by atoms with Crippen LogP contribution in [0.3, 0.4) is 0 Å². The van der Waals surface area contributed by atoms with Gasteiger partial charge in [0.1, 0.15) is 5.69 Å². The smallest absolute Gasteiger partial charge is 0.273 e. The van der Waals surface area contributed by atoms with Crippen LogP contribution in [0.25, 0.3) is 0 Å². The Hall–Kier alpha value is -2.14. The molecule has 0 saturated carbocycles. The van der Waals surface area contributed by atoms with Crippen molar-refractivity contribution in [2.45, 2.75) is 26.3 Å². The number of carbonyl (C=O) groups excluding carboxylic acids is 1. The van der Waals surface area contributed by atoms with Crippen molar-refractivity contribution in [3.8, 4) is 0 Å². The number of aryl methyl sites for hydroxylation is 2. The van der Waals surface area contributed by atoms with Gasteiger partial charge in [0, 0.05) is 18.8 Å². The van der Waals surface area contributed by atoms with E-state index in [0.29, 0.717) is 5.69 Å². The molecule has 0 fully saturated rings. The van der Waals surface area contributed by atoms with E-state index < -0.39 is 0 Å². The summed E-state index contributed by atoms with van der Waals surface area (Å²) in [6.45, 7) is 3.92. The van der Waals surface area contributed by atoms with E-state index in [0.717, 1.165) is 23.4 Å². The predicted molar refractivity (Wildman–Crippen MR) is 79.6 cm³/mol. The summed E-state index contributed by atoms with van der Waals surface area (Å²) >= 11 is 0. The lowest BCUT2D eigenvalue weighted by Gasteiger charge is -2.09. The second-order valence-corrected chi connectivity index (χ2v) is 4.87. The monoisotopic (exact) mass is 272 g/mol. The minimum Gasteiger partial charge on any atom is -0.324 e. The normalized spacial score (nSPS) is 12.2. The summed E-state index contributed by atoms with van der Waals surface area (Å²) in [5.41, 5.74) is 9.02. The van der Waals surface area contributed by atoms with Crippen LogP contribution >= 0.6 is 0 Å². The molecule has 1 aromatic heterocycles. The molecule has 0 radical (unpaired) electrons. The van der Waals surface area contributed by atoms with Crippen molar-refractivity contribution in [3.05, 3.63) is 47.3 Å². The molecule has 20 heavy (non-hydrogen) atoms. The van der Waals surface area contributed by atoms with Crippen LogP contribution in [0.5, 0.6) is 0 Å². The second kappa shape index (κ2) is 5.88. The number of carbonyl (C=O) groups is 1. The Labute approximate surface area is 118 Å². The van der Waals surface area contributed by atoms with Crippen LogP contribution in [0, 0.1) is 0 Å². The van der Waals surface area contributed by atoms with Gasteiger partial charge in [-0.25, -0.2) is 0 Å². The average Bonchev–Trinajstić information content (AvgIpc) is 2.80. The standard InChI is InChI=1S/C15H20N4O/c1-4-12-9-14(19(3)18-12)15(20)17-13-7-5-6-11(8-13)10(2)16/h5-10H,4,16H2,1-3H3,(H,17,20). The number of amides is 1. The summed E-state index contributed by atoms with van der Waals surface area (Å²) < 4.78 is 1.60. The molecule has 3 N–H and O–H groups in total. The minimum atomic E-state index is -0.165. The highest BCUT2D eigenvalue weighted by molar-refractivity contribution is 6.03. The van der Waals surface area contributed by atoms with Crippen LogP contribution in [0.2, 0.25) is 0 Å². The molecule has 1 unspecified atom stereocenters. The summed E-state index contributed by atoms with van der Waals surface area (Å²) in [6.07, 6.45) is 0.807. The van der Waals surface area contributed by atoms with Crippen molar-refractivity contribution in [2.24, 2.45) is 12.8 Å². The van der Waals surface area contributed by atoms with E-state index in [-0.39, 0.29) is 11.9 Å². The number of rotatable bonds is 4. The molecule has 0 spiro atoms. The van der Waals surface area contributed by atoms with E-state index in [4.69, 9.17) is 5.73 Å². The molecule has 0 aliphatic carbocycles. The summed E-state index contributed by atoms with van der Waals surface area (Å²) in [4.78, 5) is 12.2. The van der Waals surface area contributed by atoms with Gasteiger partial charge in [0.05, 0.1) is 5.69 Å². The molecular formula is C15H20N4O. The van der Waals surface area contributed by atoms with E-state index in [9.17, 15) is 4.79 Å². The van der Waals surface area contributed by atoms with Gasteiger partial charge in [-0.1, -0.05) is 19.1 Å². The molecule has 1 heterocycles. The lowest BCUT2D eigenvalue weighted by atomic mass is 10.1. The zero-order valence-electron chi connectivity index (χ0n) is 12.1. The third-order valence-corrected chi connectivity index (χ3v) is 3.20. The Bertz CT molecular complexity index is 616. The van der Waals surface area contributed by atoms with Gasteiger partial charge in [-0.3, -0.25) is 9.48 Å². The number of nitrogens with two attached hydrogens (primary N) is 1. The zero-order valence-corrected chi connectivity index (χ0v) is 12.1. The van der Waals surface area contributed by atoms with Crippen molar-refractivity contribution in [3.63, 3.8) is 0 Å². The molecule has 2 rings (SSSR count). The predicted octanol–water partition coefficient (Wildman–Crippen LogP) is 2.25. The van der Waals surface area contributed by atoms with Gasteiger partial charge in [-0.2, -0.15) is 5.10 Å². The quantitative estimate of drug-likeness (QED) is 0.896. The van der Waals surface area contributed by atoms with Gasteiger partial charge >= 0.3 is 0 Å². The first-order valence-corrected chi connectivity index (χ1v) is 6.71. The van der Waals surface area contributed by atoms with Crippen molar-refractivity contribution < 1.29 is 4.79 Å². The summed E-state index contributed by atoms with van der Waals surface area (Å²) in [5.74, 6) is -0.165. The minimum absolute atomic E-state index is 0.0600. The molecular weight excluding hydrogens is 252 g/mol.